The van der Waals surface area contributed by atoms with E-state index in [-0.39, 0.29) is 11.6 Å². The van der Waals surface area contributed by atoms with Crippen molar-refractivity contribution < 1.29 is 4.79 Å². The Morgan fingerprint density at radius 1 is 1.12 bits per heavy atom. The van der Waals surface area contributed by atoms with Crippen molar-refractivity contribution in [3.63, 3.8) is 0 Å². The maximum Gasteiger partial charge on any atom is 0.275 e. The summed E-state index contributed by atoms with van der Waals surface area (Å²) in [6.45, 7) is 2.53. The Bertz CT molecular complexity index is 860. The highest BCUT2D eigenvalue weighted by Crippen LogP contribution is 2.20. The van der Waals surface area contributed by atoms with E-state index in [0.29, 0.717) is 17.4 Å². The lowest BCUT2D eigenvalue weighted by Gasteiger charge is -2.07. The van der Waals surface area contributed by atoms with Gasteiger partial charge in [-0.2, -0.15) is 5.21 Å². The quantitative estimate of drug-likeness (QED) is 0.629. The third kappa shape index (κ3) is 4.36. The molecule has 0 spiro atoms. The lowest BCUT2D eigenvalue weighted by atomic mass is 10.1. The molecule has 2 aromatic carbocycles. The van der Waals surface area contributed by atoms with E-state index >= 15 is 0 Å². The lowest BCUT2D eigenvalue weighted by Crippen LogP contribution is -2.24. The van der Waals surface area contributed by atoms with Crippen LogP contribution >= 0.6 is 11.6 Å². The number of nitrogens with one attached hydrogen (secondary N) is 3. The molecule has 0 aliphatic heterocycles. The fourth-order valence-electron chi connectivity index (χ4n) is 2.34. The molecular weight excluding hydrogens is 338 g/mol. The number of nitrogens with zero attached hydrogens (tertiary/aromatic N) is 2. The summed E-state index contributed by atoms with van der Waals surface area (Å²) in [5.41, 5.74) is 3.22. The Hall–Kier alpha value is -2.86. The van der Waals surface area contributed by atoms with E-state index in [4.69, 9.17) is 11.6 Å². The molecule has 3 aromatic rings. The van der Waals surface area contributed by atoms with Crippen molar-refractivity contribution in [1.29, 1.82) is 0 Å². The average molecular weight is 356 g/mol. The average Bonchev–Trinajstić information content (AvgIpc) is 3.08. The molecule has 128 valence electrons. The van der Waals surface area contributed by atoms with Crippen LogP contribution in [-0.4, -0.2) is 21.3 Å². The van der Waals surface area contributed by atoms with Gasteiger partial charge in [0.15, 0.2) is 11.5 Å². The normalized spacial score (nSPS) is 10.5. The molecule has 6 nitrogen and oxygen atoms in total. The predicted octanol–water partition coefficient (Wildman–Crippen LogP) is 3.69. The molecular formula is C18H18ClN5O. The fraction of sp³-hybridized carbons (Fsp3) is 0.167. The lowest BCUT2D eigenvalue weighted by molar-refractivity contribution is 0.0946. The molecule has 1 heterocycles. The zero-order chi connectivity index (χ0) is 17.6. The first-order chi connectivity index (χ1) is 12.2. The summed E-state index contributed by atoms with van der Waals surface area (Å²) in [6, 6.07) is 15.3. The SMILES string of the molecule is CCc1ccc(CNC(=O)c2n[nH]nc2Nc2cccc(Cl)c2)cc1. The molecule has 0 fully saturated rings. The number of aromatic nitrogens is 3. The van der Waals surface area contributed by atoms with Gasteiger partial charge in [-0.05, 0) is 35.7 Å². The van der Waals surface area contributed by atoms with Gasteiger partial charge in [-0.15, -0.1) is 10.2 Å². The molecule has 1 amide bonds. The highest BCUT2D eigenvalue weighted by atomic mass is 35.5. The number of hydrogen-bond acceptors (Lipinski definition) is 4. The van der Waals surface area contributed by atoms with Gasteiger partial charge >= 0.3 is 0 Å². The van der Waals surface area contributed by atoms with Crippen molar-refractivity contribution >= 4 is 29.0 Å². The van der Waals surface area contributed by atoms with Gasteiger partial charge in [-0.3, -0.25) is 4.79 Å². The van der Waals surface area contributed by atoms with Crippen molar-refractivity contribution in [2.24, 2.45) is 0 Å². The first-order valence-corrected chi connectivity index (χ1v) is 8.33. The Labute approximate surface area is 150 Å². The molecule has 0 aliphatic carbocycles. The standard InChI is InChI=1S/C18H18ClN5O/c1-2-12-6-8-13(9-7-12)11-20-18(25)16-17(23-24-22-16)21-15-5-3-4-14(19)10-15/h3-10H,2,11H2,1H3,(H,20,25)(H2,21,22,23,24). The number of benzene rings is 2. The molecule has 0 saturated carbocycles. The second-order valence-electron chi connectivity index (χ2n) is 5.51. The van der Waals surface area contributed by atoms with Crippen LogP contribution in [0.25, 0.3) is 0 Å². The largest absolute Gasteiger partial charge is 0.346 e. The first-order valence-electron chi connectivity index (χ1n) is 7.95. The van der Waals surface area contributed by atoms with E-state index in [0.717, 1.165) is 17.7 Å². The number of aryl methyl sites for hydroxylation is 1. The van der Waals surface area contributed by atoms with Gasteiger partial charge in [-0.1, -0.05) is 48.9 Å². The highest BCUT2D eigenvalue weighted by molar-refractivity contribution is 6.30. The van der Waals surface area contributed by atoms with Crippen molar-refractivity contribution in [3.8, 4) is 0 Å². The Kier molecular flexibility index (Phi) is 5.30. The van der Waals surface area contributed by atoms with Crippen LogP contribution in [-0.2, 0) is 13.0 Å². The second kappa shape index (κ2) is 7.81. The summed E-state index contributed by atoms with van der Waals surface area (Å²) in [7, 11) is 0. The van der Waals surface area contributed by atoms with Gasteiger partial charge in [0.1, 0.15) is 0 Å². The molecule has 0 aliphatic rings. The molecule has 0 unspecified atom stereocenters. The maximum atomic E-state index is 12.4. The summed E-state index contributed by atoms with van der Waals surface area (Å²) < 4.78 is 0. The van der Waals surface area contributed by atoms with Gasteiger partial charge in [0.05, 0.1) is 0 Å². The molecule has 3 N–H and O–H groups in total. The number of halogens is 1. The number of amides is 1. The minimum absolute atomic E-state index is 0.199. The van der Waals surface area contributed by atoms with Crippen molar-refractivity contribution in [2.45, 2.75) is 19.9 Å². The molecule has 1 aromatic heterocycles. The molecule has 25 heavy (non-hydrogen) atoms. The van der Waals surface area contributed by atoms with E-state index < -0.39 is 0 Å². The zero-order valence-corrected chi connectivity index (χ0v) is 14.5. The van der Waals surface area contributed by atoms with Crippen LogP contribution in [0.3, 0.4) is 0 Å². The van der Waals surface area contributed by atoms with Gasteiger partial charge in [-0.25, -0.2) is 0 Å². The van der Waals surface area contributed by atoms with E-state index in [1.54, 1.807) is 12.1 Å². The topological polar surface area (TPSA) is 82.7 Å². The maximum absolute atomic E-state index is 12.4. The monoisotopic (exact) mass is 355 g/mol. The second-order valence-corrected chi connectivity index (χ2v) is 5.95. The minimum Gasteiger partial charge on any atom is -0.346 e. The number of H-pyrrole nitrogens is 1. The van der Waals surface area contributed by atoms with Crippen LogP contribution < -0.4 is 10.6 Å². The smallest absolute Gasteiger partial charge is 0.275 e. The third-order valence-corrected chi connectivity index (χ3v) is 3.97. The number of hydrogen-bond donors (Lipinski definition) is 3. The van der Waals surface area contributed by atoms with Gasteiger partial charge < -0.3 is 10.6 Å². The van der Waals surface area contributed by atoms with Crippen molar-refractivity contribution in [2.75, 3.05) is 5.32 Å². The molecule has 7 heteroatoms. The minimum atomic E-state index is -0.308. The van der Waals surface area contributed by atoms with Crippen LogP contribution in [0.15, 0.2) is 48.5 Å². The number of carbonyl (C=O) groups excluding carboxylic acids is 1. The van der Waals surface area contributed by atoms with Crippen LogP contribution in [0.4, 0.5) is 11.5 Å². The van der Waals surface area contributed by atoms with Crippen molar-refractivity contribution in [3.05, 3.63) is 70.4 Å². The Morgan fingerprint density at radius 3 is 2.60 bits per heavy atom. The molecule has 0 bridgehead atoms. The van der Waals surface area contributed by atoms with Gasteiger partial charge in [0, 0.05) is 17.3 Å². The van der Waals surface area contributed by atoms with E-state index in [1.165, 1.54) is 5.56 Å². The number of rotatable bonds is 6. The predicted molar refractivity (Wildman–Crippen MR) is 98.1 cm³/mol. The van der Waals surface area contributed by atoms with E-state index in [2.05, 4.69) is 45.1 Å². The summed E-state index contributed by atoms with van der Waals surface area (Å²) >= 11 is 5.96. The summed E-state index contributed by atoms with van der Waals surface area (Å²) in [6.07, 6.45) is 0.990. The third-order valence-electron chi connectivity index (χ3n) is 3.73. The molecule has 0 atom stereocenters. The van der Waals surface area contributed by atoms with Crippen LogP contribution in [0, 0.1) is 0 Å². The van der Waals surface area contributed by atoms with E-state index in [1.807, 2.05) is 24.3 Å². The van der Waals surface area contributed by atoms with Gasteiger partial charge in [0.25, 0.3) is 5.91 Å². The Balaban J connectivity index is 1.65. The number of aromatic amines is 1. The van der Waals surface area contributed by atoms with Crippen LogP contribution in [0.5, 0.6) is 0 Å². The molecule has 0 radical (unpaired) electrons. The summed E-state index contributed by atoms with van der Waals surface area (Å²) in [5.74, 6) is 0.0407. The molecule has 0 saturated heterocycles. The van der Waals surface area contributed by atoms with Crippen LogP contribution in [0.1, 0.15) is 28.5 Å². The number of anilines is 2. The summed E-state index contributed by atoms with van der Waals surface area (Å²) in [5, 5.41) is 16.9. The first kappa shape index (κ1) is 17.0. The zero-order valence-electron chi connectivity index (χ0n) is 13.7. The van der Waals surface area contributed by atoms with Crippen molar-refractivity contribution in [1.82, 2.24) is 20.7 Å². The van der Waals surface area contributed by atoms with E-state index in [9.17, 15) is 4.79 Å². The van der Waals surface area contributed by atoms with Crippen LogP contribution in [0.2, 0.25) is 5.02 Å². The molecule has 3 rings (SSSR count). The summed E-state index contributed by atoms with van der Waals surface area (Å²) in [4.78, 5) is 12.4. The fourth-order valence-corrected chi connectivity index (χ4v) is 2.53. The highest BCUT2D eigenvalue weighted by Gasteiger charge is 2.16. The van der Waals surface area contributed by atoms with Gasteiger partial charge in [0.2, 0.25) is 0 Å². The number of carbonyl (C=O) groups is 1. The Morgan fingerprint density at radius 2 is 1.88 bits per heavy atom.